The molecule has 0 amide bonds. The Balaban J connectivity index is 1.91. The van der Waals surface area contributed by atoms with Gasteiger partial charge in [0.05, 0.1) is 0 Å². The van der Waals surface area contributed by atoms with Crippen LogP contribution in [0.1, 0.15) is 17.3 Å². The minimum atomic E-state index is 0.274. The first-order chi connectivity index (χ1) is 10.3. The molecular weight excluding hydrogens is 266 g/mol. The van der Waals surface area contributed by atoms with E-state index in [4.69, 9.17) is 9.26 Å². The van der Waals surface area contributed by atoms with Crippen molar-refractivity contribution in [2.24, 2.45) is 0 Å². The molecule has 108 valence electrons. The van der Waals surface area contributed by atoms with E-state index in [9.17, 15) is 0 Å². The monoisotopic (exact) mass is 283 g/mol. The van der Waals surface area contributed by atoms with Crippen LogP contribution < -0.4 is 10.1 Å². The number of nitrogens with one attached hydrogen (secondary N) is 1. The first-order valence-corrected chi connectivity index (χ1v) is 6.85. The minimum Gasteiger partial charge on any atom is -0.483 e. The fraction of sp³-hybridized carbons (Fsp3) is 0.250. The van der Waals surface area contributed by atoms with E-state index in [-0.39, 0.29) is 6.61 Å². The van der Waals surface area contributed by atoms with E-state index in [1.165, 1.54) is 10.8 Å². The van der Waals surface area contributed by atoms with E-state index in [0.29, 0.717) is 11.7 Å². The highest BCUT2D eigenvalue weighted by atomic mass is 16.5. The Kier molecular flexibility index (Phi) is 3.83. The molecule has 0 unspecified atom stereocenters. The van der Waals surface area contributed by atoms with Gasteiger partial charge in [-0.2, -0.15) is 4.98 Å². The smallest absolute Gasteiger partial charge is 0.264 e. The summed E-state index contributed by atoms with van der Waals surface area (Å²) in [6.45, 7) is 2.80. The Morgan fingerprint density at radius 2 is 2.05 bits per heavy atom. The highest BCUT2D eigenvalue weighted by molar-refractivity contribution is 5.87. The van der Waals surface area contributed by atoms with E-state index < -0.39 is 0 Å². The third-order valence-electron chi connectivity index (χ3n) is 3.27. The predicted octanol–water partition coefficient (Wildman–Crippen LogP) is 2.83. The Morgan fingerprint density at radius 3 is 2.81 bits per heavy atom. The molecule has 1 N–H and O–H groups in total. The van der Waals surface area contributed by atoms with Gasteiger partial charge in [-0.1, -0.05) is 35.5 Å². The van der Waals surface area contributed by atoms with Crippen LogP contribution in [0.4, 0.5) is 0 Å². The van der Waals surface area contributed by atoms with Crippen LogP contribution in [0.25, 0.3) is 10.8 Å². The number of nitrogens with zero attached hydrogens (tertiary/aromatic N) is 2. The van der Waals surface area contributed by atoms with Crippen LogP contribution in [0.5, 0.6) is 5.75 Å². The predicted molar refractivity (Wildman–Crippen MR) is 80.1 cm³/mol. The van der Waals surface area contributed by atoms with Gasteiger partial charge in [-0.3, -0.25) is 0 Å². The van der Waals surface area contributed by atoms with Crippen molar-refractivity contribution in [3.8, 4) is 5.75 Å². The van der Waals surface area contributed by atoms with Gasteiger partial charge in [0.15, 0.2) is 12.4 Å². The van der Waals surface area contributed by atoms with Crippen molar-refractivity contribution in [1.82, 2.24) is 15.5 Å². The largest absolute Gasteiger partial charge is 0.483 e. The summed E-state index contributed by atoms with van der Waals surface area (Å²) >= 11 is 0. The number of benzene rings is 2. The van der Waals surface area contributed by atoms with E-state index in [0.717, 1.165) is 17.9 Å². The maximum atomic E-state index is 5.86. The fourth-order valence-corrected chi connectivity index (χ4v) is 2.35. The maximum absolute atomic E-state index is 5.86. The molecule has 0 radical (unpaired) electrons. The molecular formula is C16H17N3O2. The van der Waals surface area contributed by atoms with E-state index in [1.807, 2.05) is 25.2 Å². The van der Waals surface area contributed by atoms with Crippen molar-refractivity contribution in [2.75, 3.05) is 7.05 Å². The van der Waals surface area contributed by atoms with Crippen molar-refractivity contribution in [3.05, 3.63) is 53.7 Å². The molecule has 0 bridgehead atoms. The second-order valence-corrected chi connectivity index (χ2v) is 4.82. The summed E-state index contributed by atoms with van der Waals surface area (Å²) in [6.07, 6.45) is 0. The maximum Gasteiger partial charge on any atom is 0.264 e. The van der Waals surface area contributed by atoms with Crippen molar-refractivity contribution in [2.45, 2.75) is 20.1 Å². The molecule has 1 heterocycles. The number of rotatable bonds is 5. The number of ether oxygens (including phenoxy) is 1. The second kappa shape index (κ2) is 5.93. The van der Waals surface area contributed by atoms with Gasteiger partial charge in [0.25, 0.3) is 5.89 Å². The Hall–Kier alpha value is -2.40. The van der Waals surface area contributed by atoms with E-state index in [2.05, 4.69) is 33.7 Å². The Bertz CT molecular complexity index is 752. The van der Waals surface area contributed by atoms with Gasteiger partial charge in [-0.05, 0) is 30.8 Å². The van der Waals surface area contributed by atoms with Crippen LogP contribution in [0, 0.1) is 6.92 Å². The lowest BCUT2D eigenvalue weighted by atomic mass is 10.0. The lowest BCUT2D eigenvalue weighted by molar-refractivity contribution is 0.241. The molecule has 0 aliphatic carbocycles. The molecule has 1 aromatic heterocycles. The molecule has 0 aliphatic heterocycles. The van der Waals surface area contributed by atoms with Crippen LogP contribution in [-0.4, -0.2) is 17.2 Å². The highest BCUT2D eigenvalue weighted by Crippen LogP contribution is 2.28. The lowest BCUT2D eigenvalue weighted by Crippen LogP contribution is -2.08. The van der Waals surface area contributed by atoms with Gasteiger partial charge < -0.3 is 14.6 Å². The summed E-state index contributed by atoms with van der Waals surface area (Å²) in [6, 6.07) is 12.3. The number of aryl methyl sites for hydroxylation is 1. The van der Waals surface area contributed by atoms with Gasteiger partial charge in [0.2, 0.25) is 0 Å². The average molecular weight is 283 g/mol. The van der Waals surface area contributed by atoms with Crippen molar-refractivity contribution >= 4 is 10.8 Å². The zero-order valence-corrected chi connectivity index (χ0v) is 12.1. The third-order valence-corrected chi connectivity index (χ3v) is 3.27. The molecule has 0 fully saturated rings. The van der Waals surface area contributed by atoms with Gasteiger partial charge in [-0.15, -0.1) is 0 Å². The molecule has 5 nitrogen and oxygen atoms in total. The summed E-state index contributed by atoms with van der Waals surface area (Å²) in [4.78, 5) is 4.15. The van der Waals surface area contributed by atoms with E-state index >= 15 is 0 Å². The normalized spacial score (nSPS) is 11.0. The summed E-state index contributed by atoms with van der Waals surface area (Å²) in [5.41, 5.74) is 1.13. The zero-order chi connectivity index (χ0) is 14.7. The summed E-state index contributed by atoms with van der Waals surface area (Å²) in [5, 5.41) is 9.33. The highest BCUT2D eigenvalue weighted by Gasteiger charge is 2.10. The van der Waals surface area contributed by atoms with Crippen LogP contribution in [-0.2, 0) is 13.2 Å². The standard InChI is InChI=1S/C16H17N3O2/c1-11-18-16(21-19-11)10-20-15-8-7-12-5-3-4-6-13(12)14(15)9-17-2/h3-8,17H,9-10H2,1-2H3. The van der Waals surface area contributed by atoms with Crippen molar-refractivity contribution in [1.29, 1.82) is 0 Å². The summed E-state index contributed by atoms with van der Waals surface area (Å²) < 4.78 is 10.9. The van der Waals surface area contributed by atoms with Gasteiger partial charge in [0.1, 0.15) is 5.75 Å². The molecule has 0 saturated carbocycles. The van der Waals surface area contributed by atoms with Crippen molar-refractivity contribution in [3.63, 3.8) is 0 Å². The quantitative estimate of drug-likeness (QED) is 0.780. The summed E-state index contributed by atoms with van der Waals surface area (Å²) in [5.74, 6) is 1.93. The molecule has 0 spiro atoms. The number of fused-ring (bicyclic) bond motifs is 1. The van der Waals surface area contributed by atoms with Gasteiger partial charge >= 0.3 is 0 Å². The number of hydrogen-bond acceptors (Lipinski definition) is 5. The lowest BCUT2D eigenvalue weighted by Gasteiger charge is -2.13. The molecule has 21 heavy (non-hydrogen) atoms. The van der Waals surface area contributed by atoms with Crippen LogP contribution >= 0.6 is 0 Å². The molecule has 0 atom stereocenters. The van der Waals surface area contributed by atoms with Crippen molar-refractivity contribution < 1.29 is 9.26 Å². The zero-order valence-electron chi connectivity index (χ0n) is 12.1. The molecule has 3 aromatic rings. The van der Waals surface area contributed by atoms with Gasteiger partial charge in [-0.25, -0.2) is 0 Å². The molecule has 0 aliphatic rings. The van der Waals surface area contributed by atoms with Gasteiger partial charge in [0, 0.05) is 12.1 Å². The molecule has 2 aromatic carbocycles. The van der Waals surface area contributed by atoms with Crippen LogP contribution in [0.2, 0.25) is 0 Å². The fourth-order valence-electron chi connectivity index (χ4n) is 2.35. The Morgan fingerprint density at radius 1 is 1.19 bits per heavy atom. The molecule has 3 rings (SSSR count). The third kappa shape index (κ3) is 2.87. The van der Waals surface area contributed by atoms with Crippen LogP contribution in [0.3, 0.4) is 0 Å². The van der Waals surface area contributed by atoms with E-state index in [1.54, 1.807) is 6.92 Å². The molecule has 0 saturated heterocycles. The molecule has 5 heteroatoms. The first kappa shape index (κ1) is 13.6. The summed E-state index contributed by atoms with van der Waals surface area (Å²) in [7, 11) is 1.92. The minimum absolute atomic E-state index is 0.274. The van der Waals surface area contributed by atoms with Crippen LogP contribution in [0.15, 0.2) is 40.9 Å². The first-order valence-electron chi connectivity index (χ1n) is 6.85. The average Bonchev–Trinajstić information content (AvgIpc) is 2.92. The Labute approximate surface area is 122 Å². The SMILES string of the molecule is CNCc1c(OCc2nc(C)no2)ccc2ccccc12. The number of hydrogen-bond donors (Lipinski definition) is 1. The number of aromatic nitrogens is 2. The second-order valence-electron chi connectivity index (χ2n) is 4.82. The topological polar surface area (TPSA) is 60.2 Å².